The maximum atomic E-state index is 14.9. The van der Waals surface area contributed by atoms with Crippen molar-refractivity contribution in [3.8, 4) is 0 Å². The molecule has 0 unspecified atom stereocenters. The standard InChI is InChI=1S/C32H26N4O5S2/c1-21-16-18-23(19-17-21)43(40,41)35-26-14-8-6-12-24(26)28-31(33-29(42-2)32(28,35)36(38)39)25-13-7-9-15-27(25)34(30(31)37)20-22-10-4-3-5-11-22/h3-19,28H,20H2,1-2H3/t28-,31+,32+/m0/s1. The number of nitrogens with zero attached hydrogens (tertiary/aromatic N) is 4. The second kappa shape index (κ2) is 9.51. The minimum Gasteiger partial charge on any atom is -0.305 e. The molecule has 0 radical (unpaired) electrons. The van der Waals surface area contributed by atoms with E-state index in [9.17, 15) is 23.3 Å². The number of fused-ring (bicyclic) bond motifs is 6. The summed E-state index contributed by atoms with van der Waals surface area (Å²) in [4.78, 5) is 34.4. The fourth-order valence-corrected chi connectivity index (χ4v) is 9.44. The van der Waals surface area contributed by atoms with Crippen molar-refractivity contribution in [2.24, 2.45) is 4.99 Å². The zero-order valence-corrected chi connectivity index (χ0v) is 24.9. The van der Waals surface area contributed by atoms with Crippen molar-refractivity contribution in [3.63, 3.8) is 0 Å². The number of aliphatic imine (C=N–C) groups is 1. The molecule has 0 fully saturated rings. The van der Waals surface area contributed by atoms with E-state index in [0.717, 1.165) is 27.2 Å². The number of para-hydroxylation sites is 2. The molecule has 216 valence electrons. The van der Waals surface area contributed by atoms with Gasteiger partial charge in [-0.25, -0.2) is 8.42 Å². The van der Waals surface area contributed by atoms with E-state index in [4.69, 9.17) is 4.99 Å². The molecule has 7 rings (SSSR count). The van der Waals surface area contributed by atoms with E-state index in [1.807, 2.05) is 49.4 Å². The van der Waals surface area contributed by atoms with Crippen LogP contribution in [0.5, 0.6) is 0 Å². The lowest BCUT2D eigenvalue weighted by atomic mass is 9.73. The van der Waals surface area contributed by atoms with Crippen LogP contribution in [0, 0.1) is 17.0 Å². The summed E-state index contributed by atoms with van der Waals surface area (Å²) in [5.41, 5.74) is -0.767. The highest BCUT2D eigenvalue weighted by Crippen LogP contribution is 2.66. The van der Waals surface area contributed by atoms with E-state index in [1.54, 1.807) is 59.7 Å². The van der Waals surface area contributed by atoms with Crippen molar-refractivity contribution in [2.75, 3.05) is 15.5 Å². The number of hydrogen-bond donors (Lipinski definition) is 0. The van der Waals surface area contributed by atoms with Crippen LogP contribution in [-0.2, 0) is 26.9 Å². The van der Waals surface area contributed by atoms with Gasteiger partial charge in [0.25, 0.3) is 15.9 Å². The maximum absolute atomic E-state index is 14.9. The van der Waals surface area contributed by atoms with Crippen LogP contribution < -0.4 is 9.21 Å². The number of aryl methyl sites for hydroxylation is 1. The van der Waals surface area contributed by atoms with E-state index < -0.39 is 38.0 Å². The summed E-state index contributed by atoms with van der Waals surface area (Å²) in [5.74, 6) is -1.69. The van der Waals surface area contributed by atoms with Crippen molar-refractivity contribution in [2.45, 2.75) is 35.5 Å². The van der Waals surface area contributed by atoms with Crippen LogP contribution in [0.4, 0.5) is 11.4 Å². The second-order valence-corrected chi connectivity index (χ2v) is 13.4. The molecule has 3 aliphatic rings. The normalized spacial score (nSPS) is 23.7. The van der Waals surface area contributed by atoms with E-state index >= 15 is 0 Å². The Labute approximate surface area is 253 Å². The summed E-state index contributed by atoms with van der Waals surface area (Å²) >= 11 is 0.998. The first-order valence-electron chi connectivity index (χ1n) is 13.6. The first-order valence-corrected chi connectivity index (χ1v) is 16.3. The van der Waals surface area contributed by atoms with E-state index in [-0.39, 0.29) is 22.2 Å². The number of sulfonamides is 1. The summed E-state index contributed by atoms with van der Waals surface area (Å²) in [6.45, 7) is 2.06. The molecule has 3 heterocycles. The van der Waals surface area contributed by atoms with Crippen LogP contribution in [0.2, 0.25) is 0 Å². The Morgan fingerprint density at radius 2 is 1.53 bits per heavy atom. The van der Waals surface area contributed by atoms with Crippen LogP contribution in [0.15, 0.2) is 113 Å². The summed E-state index contributed by atoms with van der Waals surface area (Å²) in [6.07, 6.45) is 1.63. The third-order valence-electron chi connectivity index (χ3n) is 8.58. The van der Waals surface area contributed by atoms with Crippen LogP contribution in [-0.4, -0.2) is 36.2 Å². The van der Waals surface area contributed by atoms with E-state index in [2.05, 4.69) is 0 Å². The molecule has 43 heavy (non-hydrogen) atoms. The highest BCUT2D eigenvalue weighted by Gasteiger charge is 2.81. The topological polar surface area (TPSA) is 113 Å². The van der Waals surface area contributed by atoms with Gasteiger partial charge in [-0.2, -0.15) is 4.31 Å². The number of carbonyl (C=O) groups is 1. The zero-order chi connectivity index (χ0) is 30.1. The zero-order valence-electron chi connectivity index (χ0n) is 23.2. The van der Waals surface area contributed by atoms with Gasteiger partial charge < -0.3 is 4.90 Å². The molecular weight excluding hydrogens is 585 g/mol. The van der Waals surface area contributed by atoms with Gasteiger partial charge in [-0.1, -0.05) is 84.4 Å². The number of thioether (sulfide) groups is 1. The Kier molecular flexibility index (Phi) is 6.05. The minimum absolute atomic E-state index is 0.0425. The van der Waals surface area contributed by atoms with Crippen molar-refractivity contribution >= 4 is 44.1 Å². The Morgan fingerprint density at radius 1 is 0.907 bits per heavy atom. The lowest BCUT2D eigenvalue weighted by Crippen LogP contribution is -2.62. The third kappa shape index (κ3) is 3.49. The van der Waals surface area contributed by atoms with Crippen molar-refractivity contribution in [1.82, 2.24) is 0 Å². The third-order valence-corrected chi connectivity index (χ3v) is 11.2. The second-order valence-electron chi connectivity index (χ2n) is 10.8. The lowest BCUT2D eigenvalue weighted by molar-refractivity contribution is -0.545. The van der Waals surface area contributed by atoms with Gasteiger partial charge in [0.2, 0.25) is 0 Å². The molecule has 0 N–H and O–H groups in total. The molecular formula is C32H26N4O5S2. The van der Waals surface area contributed by atoms with Crippen molar-refractivity contribution < 1.29 is 18.1 Å². The number of nitro groups is 1. The van der Waals surface area contributed by atoms with Crippen LogP contribution in [0.25, 0.3) is 0 Å². The Balaban J connectivity index is 1.52. The Bertz CT molecular complexity index is 1950. The fourth-order valence-electron chi connectivity index (χ4n) is 6.82. The highest BCUT2D eigenvalue weighted by atomic mass is 32.2. The minimum atomic E-state index is -4.50. The van der Waals surface area contributed by atoms with Gasteiger partial charge in [0.1, 0.15) is 5.92 Å². The number of benzene rings is 4. The molecule has 4 aromatic carbocycles. The number of amides is 1. The lowest BCUT2D eigenvalue weighted by Gasteiger charge is -2.34. The first-order chi connectivity index (χ1) is 20.7. The number of anilines is 2. The molecule has 3 aliphatic heterocycles. The quantitative estimate of drug-likeness (QED) is 0.219. The number of rotatable bonds is 5. The van der Waals surface area contributed by atoms with Crippen LogP contribution >= 0.6 is 11.8 Å². The summed E-state index contributed by atoms with van der Waals surface area (Å²) < 4.78 is 29.9. The Morgan fingerprint density at radius 3 is 2.21 bits per heavy atom. The van der Waals surface area contributed by atoms with Crippen LogP contribution in [0.1, 0.15) is 28.2 Å². The number of hydrogen-bond acceptors (Lipinski definition) is 7. The highest BCUT2D eigenvalue weighted by molar-refractivity contribution is 8.13. The maximum Gasteiger partial charge on any atom is 0.367 e. The van der Waals surface area contributed by atoms with Crippen molar-refractivity contribution in [3.05, 3.63) is 135 Å². The van der Waals surface area contributed by atoms with Gasteiger partial charge in [0, 0.05) is 5.56 Å². The molecule has 3 atom stereocenters. The van der Waals surface area contributed by atoms with Gasteiger partial charge in [0.05, 0.1) is 27.7 Å². The largest absolute Gasteiger partial charge is 0.367 e. The van der Waals surface area contributed by atoms with Crippen LogP contribution in [0.3, 0.4) is 0 Å². The number of carbonyl (C=O) groups excluding carboxylic acids is 1. The summed E-state index contributed by atoms with van der Waals surface area (Å²) in [7, 11) is -4.50. The van der Waals surface area contributed by atoms with Crippen molar-refractivity contribution in [1.29, 1.82) is 0 Å². The Hall–Kier alpha value is -4.48. The van der Waals surface area contributed by atoms with E-state index in [0.29, 0.717) is 16.8 Å². The molecule has 11 heteroatoms. The molecule has 9 nitrogen and oxygen atoms in total. The predicted molar refractivity (Wildman–Crippen MR) is 166 cm³/mol. The average Bonchev–Trinajstić information content (AvgIpc) is 3.58. The average molecular weight is 611 g/mol. The molecule has 0 saturated carbocycles. The first kappa shape index (κ1) is 27.4. The molecule has 0 aliphatic carbocycles. The van der Waals surface area contributed by atoms with Gasteiger partial charge in [0.15, 0.2) is 10.6 Å². The van der Waals surface area contributed by atoms with Gasteiger partial charge >= 0.3 is 5.66 Å². The summed E-state index contributed by atoms with van der Waals surface area (Å²) in [6, 6.07) is 29.5. The summed E-state index contributed by atoms with van der Waals surface area (Å²) in [5, 5.41) is 13.6. The molecule has 1 amide bonds. The predicted octanol–water partition coefficient (Wildman–Crippen LogP) is 5.48. The van der Waals surface area contributed by atoms with Gasteiger partial charge in [-0.05, 0) is 48.6 Å². The smallest absolute Gasteiger partial charge is 0.305 e. The van der Waals surface area contributed by atoms with E-state index in [1.165, 1.54) is 12.1 Å². The van der Waals surface area contributed by atoms with Gasteiger partial charge in [-0.15, -0.1) is 11.8 Å². The molecule has 0 bridgehead atoms. The molecule has 0 saturated heterocycles. The monoisotopic (exact) mass is 610 g/mol. The molecule has 0 aromatic heterocycles. The molecule has 1 spiro atoms. The SMILES string of the molecule is CSC1=N[C@@]2(C(=O)N(Cc3ccccc3)c3ccccc32)[C@@H]2c3ccccc3N(S(=O)(=O)c3ccc(C)cc3)[C@]12[N+](=O)[O-]. The van der Waals surface area contributed by atoms with Gasteiger partial charge in [-0.3, -0.25) is 19.9 Å². The fraction of sp³-hybridized carbons (Fsp3) is 0.188. The molecule has 4 aromatic rings.